The number of hydrogen-bond acceptors (Lipinski definition) is 4. The van der Waals surface area contributed by atoms with Crippen LogP contribution in [0, 0.1) is 5.92 Å². The van der Waals surface area contributed by atoms with Gasteiger partial charge in [-0.1, -0.05) is 13.8 Å². The normalized spacial score (nSPS) is 12.1. The van der Waals surface area contributed by atoms with E-state index < -0.39 is 0 Å². The highest BCUT2D eigenvalue weighted by Crippen LogP contribution is 2.13. The van der Waals surface area contributed by atoms with E-state index >= 15 is 0 Å². The van der Waals surface area contributed by atoms with E-state index in [2.05, 4.69) is 20.8 Å². The van der Waals surface area contributed by atoms with Crippen molar-refractivity contribution in [2.24, 2.45) is 5.92 Å². The summed E-state index contributed by atoms with van der Waals surface area (Å²) in [5, 5.41) is 13.8. The molecule has 1 unspecified atom stereocenters. The number of rotatable bonds is 4. The Morgan fingerprint density at radius 3 is 2.67 bits per heavy atom. The third-order valence-electron chi connectivity index (χ3n) is 2.81. The third-order valence-corrected chi connectivity index (χ3v) is 2.81. The number of nitrogens with one attached hydrogen (secondary N) is 1. The summed E-state index contributed by atoms with van der Waals surface area (Å²) in [5.41, 5.74) is 1.62. The molecule has 0 aliphatic carbocycles. The fourth-order valence-corrected chi connectivity index (χ4v) is 1.43. The van der Waals surface area contributed by atoms with E-state index in [1.54, 1.807) is 4.68 Å². The van der Waals surface area contributed by atoms with Crippen molar-refractivity contribution in [3.8, 4) is 5.69 Å². The Bertz CT molecular complexity index is 506. The van der Waals surface area contributed by atoms with Crippen molar-refractivity contribution in [2.75, 3.05) is 5.32 Å². The van der Waals surface area contributed by atoms with Gasteiger partial charge in [-0.3, -0.25) is 4.79 Å². The zero-order valence-electron chi connectivity index (χ0n) is 10.4. The maximum atomic E-state index is 11.7. The predicted molar refractivity (Wildman–Crippen MR) is 67.2 cm³/mol. The van der Waals surface area contributed by atoms with Crippen molar-refractivity contribution in [1.82, 2.24) is 20.2 Å². The first-order chi connectivity index (χ1) is 8.70. The van der Waals surface area contributed by atoms with E-state index in [9.17, 15) is 4.79 Å². The lowest BCUT2D eigenvalue weighted by molar-refractivity contribution is -0.119. The van der Waals surface area contributed by atoms with E-state index in [4.69, 9.17) is 0 Å². The van der Waals surface area contributed by atoms with Crippen molar-refractivity contribution in [3.63, 3.8) is 0 Å². The molecule has 0 saturated heterocycles. The lowest BCUT2D eigenvalue weighted by atomic mass is 10.1. The van der Waals surface area contributed by atoms with Crippen LogP contribution in [0.2, 0.25) is 0 Å². The second-order valence-electron chi connectivity index (χ2n) is 4.10. The van der Waals surface area contributed by atoms with Crippen LogP contribution < -0.4 is 5.32 Å². The number of carbonyl (C=O) groups is 1. The quantitative estimate of drug-likeness (QED) is 0.888. The maximum Gasteiger partial charge on any atom is 0.227 e. The second-order valence-corrected chi connectivity index (χ2v) is 4.10. The molecule has 2 aromatic rings. The average Bonchev–Trinajstić information content (AvgIpc) is 2.92. The van der Waals surface area contributed by atoms with Gasteiger partial charge in [-0.05, 0) is 41.1 Å². The van der Waals surface area contributed by atoms with Crippen molar-refractivity contribution >= 4 is 11.6 Å². The molecule has 2 rings (SSSR count). The van der Waals surface area contributed by atoms with Crippen LogP contribution >= 0.6 is 0 Å². The third kappa shape index (κ3) is 2.71. The maximum absolute atomic E-state index is 11.7. The summed E-state index contributed by atoms with van der Waals surface area (Å²) in [4.78, 5) is 11.7. The summed E-state index contributed by atoms with van der Waals surface area (Å²) in [6.07, 6.45) is 2.35. The van der Waals surface area contributed by atoms with Gasteiger partial charge in [0.15, 0.2) is 0 Å². The van der Waals surface area contributed by atoms with Crippen LogP contribution in [0.5, 0.6) is 0 Å². The molecule has 0 aliphatic rings. The van der Waals surface area contributed by atoms with Gasteiger partial charge in [-0.15, -0.1) is 5.10 Å². The van der Waals surface area contributed by atoms with E-state index in [1.807, 2.05) is 38.1 Å². The summed E-state index contributed by atoms with van der Waals surface area (Å²) >= 11 is 0. The number of hydrogen-bond donors (Lipinski definition) is 1. The molecule has 1 aromatic carbocycles. The average molecular weight is 245 g/mol. The van der Waals surface area contributed by atoms with E-state index in [0.717, 1.165) is 17.8 Å². The van der Waals surface area contributed by atoms with Crippen LogP contribution in [0.4, 0.5) is 5.69 Å². The fourth-order valence-electron chi connectivity index (χ4n) is 1.43. The first-order valence-electron chi connectivity index (χ1n) is 5.85. The Hall–Kier alpha value is -2.24. The van der Waals surface area contributed by atoms with Crippen LogP contribution in [0.25, 0.3) is 5.69 Å². The number of anilines is 1. The molecule has 6 nitrogen and oxygen atoms in total. The van der Waals surface area contributed by atoms with Gasteiger partial charge in [0.2, 0.25) is 5.91 Å². The minimum absolute atomic E-state index is 0.0178. The molecule has 1 aromatic heterocycles. The molecule has 94 valence electrons. The number of benzene rings is 1. The number of carbonyl (C=O) groups excluding carboxylic acids is 1. The summed E-state index contributed by atoms with van der Waals surface area (Å²) in [5.74, 6) is 0.0527. The molecule has 1 amide bonds. The van der Waals surface area contributed by atoms with Crippen LogP contribution in [-0.4, -0.2) is 26.1 Å². The predicted octanol–water partition coefficient (Wildman–Crippen LogP) is 1.65. The molecule has 6 heteroatoms. The molecule has 1 N–H and O–H groups in total. The van der Waals surface area contributed by atoms with Gasteiger partial charge in [0.25, 0.3) is 0 Å². The number of aromatic nitrogens is 4. The molecule has 0 radical (unpaired) electrons. The van der Waals surface area contributed by atoms with E-state index in [1.165, 1.54) is 6.33 Å². The Morgan fingerprint density at radius 1 is 1.39 bits per heavy atom. The van der Waals surface area contributed by atoms with E-state index in [0.29, 0.717) is 0 Å². The highest BCUT2D eigenvalue weighted by molar-refractivity contribution is 5.92. The molecule has 0 bridgehead atoms. The molecule has 18 heavy (non-hydrogen) atoms. The van der Waals surface area contributed by atoms with Gasteiger partial charge in [-0.25, -0.2) is 4.68 Å². The first kappa shape index (κ1) is 12.2. The molecule has 1 atom stereocenters. The summed E-state index contributed by atoms with van der Waals surface area (Å²) < 4.78 is 1.56. The molecule has 0 aliphatic heterocycles. The Kier molecular flexibility index (Phi) is 3.66. The van der Waals surface area contributed by atoms with Crippen molar-refractivity contribution in [3.05, 3.63) is 30.6 Å². The van der Waals surface area contributed by atoms with Crippen molar-refractivity contribution < 1.29 is 4.79 Å². The van der Waals surface area contributed by atoms with Gasteiger partial charge in [0, 0.05) is 11.6 Å². The molecular weight excluding hydrogens is 230 g/mol. The first-order valence-corrected chi connectivity index (χ1v) is 5.85. The fraction of sp³-hybridized carbons (Fsp3) is 0.333. The number of nitrogens with zero attached hydrogens (tertiary/aromatic N) is 4. The Balaban J connectivity index is 2.06. The molecular formula is C12H15N5O. The highest BCUT2D eigenvalue weighted by Gasteiger charge is 2.10. The molecule has 0 spiro atoms. The lowest BCUT2D eigenvalue weighted by Gasteiger charge is -2.10. The monoisotopic (exact) mass is 245 g/mol. The summed E-state index contributed by atoms with van der Waals surface area (Å²) in [6.45, 7) is 3.90. The zero-order chi connectivity index (χ0) is 13.0. The molecule has 1 heterocycles. The van der Waals surface area contributed by atoms with Gasteiger partial charge in [0.1, 0.15) is 6.33 Å². The lowest BCUT2D eigenvalue weighted by Crippen LogP contribution is -2.19. The smallest absolute Gasteiger partial charge is 0.227 e. The molecule has 0 fully saturated rings. The molecule has 0 saturated carbocycles. The largest absolute Gasteiger partial charge is 0.326 e. The Morgan fingerprint density at radius 2 is 2.11 bits per heavy atom. The second kappa shape index (κ2) is 5.39. The SMILES string of the molecule is CCC(C)C(=O)Nc1ccc(-n2cnnn2)cc1. The zero-order valence-corrected chi connectivity index (χ0v) is 10.4. The standard InChI is InChI=1S/C12H15N5O/c1-3-9(2)12(18)14-10-4-6-11(7-5-10)17-8-13-15-16-17/h4-9H,3H2,1-2H3,(H,14,18). The van der Waals surface area contributed by atoms with Crippen molar-refractivity contribution in [2.45, 2.75) is 20.3 Å². The van der Waals surface area contributed by atoms with Gasteiger partial charge in [0.05, 0.1) is 5.69 Å². The number of tetrazole rings is 1. The highest BCUT2D eigenvalue weighted by atomic mass is 16.1. The summed E-state index contributed by atoms with van der Waals surface area (Å²) in [6, 6.07) is 7.36. The van der Waals surface area contributed by atoms with Crippen LogP contribution in [-0.2, 0) is 4.79 Å². The van der Waals surface area contributed by atoms with E-state index in [-0.39, 0.29) is 11.8 Å². The van der Waals surface area contributed by atoms with Crippen molar-refractivity contribution in [1.29, 1.82) is 0 Å². The van der Waals surface area contributed by atoms with Gasteiger partial charge >= 0.3 is 0 Å². The Labute approximate surface area is 105 Å². The van der Waals surface area contributed by atoms with Gasteiger partial charge in [-0.2, -0.15) is 0 Å². The van der Waals surface area contributed by atoms with Gasteiger partial charge < -0.3 is 5.32 Å². The summed E-state index contributed by atoms with van der Waals surface area (Å²) in [7, 11) is 0. The number of amides is 1. The van der Waals surface area contributed by atoms with Crippen LogP contribution in [0.15, 0.2) is 30.6 Å². The minimum Gasteiger partial charge on any atom is -0.326 e. The minimum atomic E-state index is 0.0178. The van der Waals surface area contributed by atoms with Crippen LogP contribution in [0.3, 0.4) is 0 Å². The van der Waals surface area contributed by atoms with Crippen LogP contribution in [0.1, 0.15) is 20.3 Å². The topological polar surface area (TPSA) is 72.7 Å².